The van der Waals surface area contributed by atoms with Crippen LogP contribution in [0.5, 0.6) is 0 Å². The van der Waals surface area contributed by atoms with Crippen LogP contribution in [0.1, 0.15) is 38.5 Å². The number of hydrogen-bond donors (Lipinski definition) is 2. The molecule has 0 saturated heterocycles. The van der Waals surface area contributed by atoms with Crippen molar-refractivity contribution in [2.75, 3.05) is 26.7 Å². The van der Waals surface area contributed by atoms with E-state index in [9.17, 15) is 4.79 Å². The monoisotopic (exact) mass is 299 g/mol. The van der Waals surface area contributed by atoms with E-state index in [1.165, 1.54) is 25.7 Å². The molecular formula is C12H27Cl2N3O. The summed E-state index contributed by atoms with van der Waals surface area (Å²) in [5.74, 6) is 0.130. The van der Waals surface area contributed by atoms with Crippen LogP contribution in [-0.4, -0.2) is 43.5 Å². The Balaban J connectivity index is 0. The van der Waals surface area contributed by atoms with E-state index >= 15 is 0 Å². The number of nitrogens with one attached hydrogen (secondary N) is 1. The zero-order valence-corrected chi connectivity index (χ0v) is 12.8. The van der Waals surface area contributed by atoms with Crippen molar-refractivity contribution in [3.63, 3.8) is 0 Å². The lowest BCUT2D eigenvalue weighted by molar-refractivity contribution is -0.121. The first kappa shape index (κ1) is 20.3. The molecule has 0 aromatic rings. The minimum atomic E-state index is 0. The fourth-order valence-electron chi connectivity index (χ4n) is 2.25. The predicted molar refractivity (Wildman–Crippen MR) is 80.7 cm³/mol. The molecule has 1 saturated carbocycles. The zero-order valence-electron chi connectivity index (χ0n) is 11.2. The summed E-state index contributed by atoms with van der Waals surface area (Å²) >= 11 is 0. The Morgan fingerprint density at radius 1 is 1.33 bits per heavy atom. The minimum Gasteiger partial charge on any atom is -0.355 e. The summed E-state index contributed by atoms with van der Waals surface area (Å²) in [5, 5.41) is 2.94. The highest BCUT2D eigenvalue weighted by Crippen LogP contribution is 2.21. The maximum Gasteiger partial charge on any atom is 0.220 e. The minimum absolute atomic E-state index is 0. The fourth-order valence-corrected chi connectivity index (χ4v) is 2.25. The van der Waals surface area contributed by atoms with Gasteiger partial charge in [-0.3, -0.25) is 4.79 Å². The van der Waals surface area contributed by atoms with E-state index in [4.69, 9.17) is 5.73 Å². The Kier molecular flexibility index (Phi) is 13.6. The summed E-state index contributed by atoms with van der Waals surface area (Å²) < 4.78 is 0. The van der Waals surface area contributed by atoms with Gasteiger partial charge in [0, 0.05) is 25.6 Å². The van der Waals surface area contributed by atoms with E-state index in [2.05, 4.69) is 17.3 Å². The third kappa shape index (κ3) is 8.14. The third-order valence-corrected chi connectivity index (χ3v) is 3.34. The smallest absolute Gasteiger partial charge is 0.220 e. The van der Waals surface area contributed by atoms with E-state index in [0.717, 1.165) is 25.6 Å². The van der Waals surface area contributed by atoms with Crippen molar-refractivity contribution in [1.82, 2.24) is 10.2 Å². The van der Waals surface area contributed by atoms with Crippen molar-refractivity contribution in [3.8, 4) is 0 Å². The van der Waals surface area contributed by atoms with E-state index in [1.54, 1.807) is 0 Å². The van der Waals surface area contributed by atoms with Gasteiger partial charge in [-0.05, 0) is 32.9 Å². The Morgan fingerprint density at radius 2 is 1.94 bits per heavy atom. The zero-order chi connectivity index (χ0) is 11.8. The SMILES string of the molecule is CN(CCNC(=O)CCCN)C1CCCC1.Cl.Cl. The summed E-state index contributed by atoms with van der Waals surface area (Å²) in [4.78, 5) is 13.7. The first-order valence-electron chi connectivity index (χ1n) is 6.41. The molecule has 0 aromatic heterocycles. The van der Waals surface area contributed by atoms with Crippen LogP contribution in [0.4, 0.5) is 0 Å². The Bertz CT molecular complexity index is 211. The van der Waals surface area contributed by atoms with Gasteiger partial charge in [-0.2, -0.15) is 0 Å². The number of carbonyl (C=O) groups is 1. The highest BCUT2D eigenvalue weighted by Gasteiger charge is 2.18. The first-order chi connectivity index (χ1) is 7.74. The molecule has 0 unspecified atom stereocenters. The molecule has 1 amide bonds. The van der Waals surface area contributed by atoms with E-state index in [-0.39, 0.29) is 30.7 Å². The van der Waals surface area contributed by atoms with Crippen LogP contribution in [0.25, 0.3) is 0 Å². The van der Waals surface area contributed by atoms with Crippen LogP contribution >= 0.6 is 24.8 Å². The molecule has 0 atom stereocenters. The number of halogens is 2. The Morgan fingerprint density at radius 3 is 2.50 bits per heavy atom. The summed E-state index contributed by atoms with van der Waals surface area (Å²) in [7, 11) is 2.15. The second-order valence-corrected chi connectivity index (χ2v) is 4.66. The van der Waals surface area contributed by atoms with Gasteiger partial charge >= 0.3 is 0 Å². The summed E-state index contributed by atoms with van der Waals surface area (Å²) in [5.41, 5.74) is 5.35. The van der Waals surface area contributed by atoms with Crippen molar-refractivity contribution in [2.45, 2.75) is 44.6 Å². The average Bonchev–Trinajstić information content (AvgIpc) is 2.79. The van der Waals surface area contributed by atoms with Crippen LogP contribution in [0.2, 0.25) is 0 Å². The van der Waals surface area contributed by atoms with Gasteiger partial charge in [0.05, 0.1) is 0 Å². The van der Waals surface area contributed by atoms with Gasteiger partial charge in [-0.25, -0.2) is 0 Å². The van der Waals surface area contributed by atoms with E-state index in [0.29, 0.717) is 13.0 Å². The summed E-state index contributed by atoms with van der Waals surface area (Å²) in [6.45, 7) is 2.31. The predicted octanol–water partition coefficient (Wildman–Crippen LogP) is 1.56. The Labute approximate surface area is 123 Å². The van der Waals surface area contributed by atoms with Gasteiger partial charge in [-0.1, -0.05) is 12.8 Å². The number of nitrogens with zero attached hydrogens (tertiary/aromatic N) is 1. The largest absolute Gasteiger partial charge is 0.355 e. The van der Waals surface area contributed by atoms with Crippen molar-refractivity contribution in [3.05, 3.63) is 0 Å². The van der Waals surface area contributed by atoms with Crippen LogP contribution in [0.15, 0.2) is 0 Å². The fraction of sp³-hybridized carbons (Fsp3) is 0.917. The molecule has 3 N–H and O–H groups in total. The second-order valence-electron chi connectivity index (χ2n) is 4.66. The van der Waals surface area contributed by atoms with Crippen LogP contribution in [0.3, 0.4) is 0 Å². The number of amides is 1. The molecule has 0 spiro atoms. The molecular weight excluding hydrogens is 273 g/mol. The molecule has 6 heteroatoms. The molecule has 4 nitrogen and oxygen atoms in total. The van der Waals surface area contributed by atoms with Gasteiger partial charge in [0.1, 0.15) is 0 Å². The number of rotatable bonds is 7. The molecule has 0 aromatic carbocycles. The lowest BCUT2D eigenvalue weighted by atomic mass is 10.2. The van der Waals surface area contributed by atoms with Gasteiger partial charge in [0.25, 0.3) is 0 Å². The summed E-state index contributed by atoms with van der Waals surface area (Å²) in [6, 6.07) is 0.737. The molecule has 0 bridgehead atoms. The maximum absolute atomic E-state index is 11.3. The average molecular weight is 300 g/mol. The lowest BCUT2D eigenvalue weighted by Crippen LogP contribution is -2.37. The van der Waals surface area contributed by atoms with Crippen molar-refractivity contribution in [1.29, 1.82) is 0 Å². The molecule has 1 fully saturated rings. The standard InChI is InChI=1S/C12H25N3O.2ClH/c1-15(11-5-2-3-6-11)10-9-14-12(16)7-4-8-13;;/h11H,2-10,13H2,1H3,(H,14,16);2*1H. The molecule has 0 heterocycles. The quantitative estimate of drug-likeness (QED) is 0.750. The number of hydrogen-bond acceptors (Lipinski definition) is 3. The van der Waals surface area contributed by atoms with Crippen molar-refractivity contribution < 1.29 is 4.79 Å². The topological polar surface area (TPSA) is 58.4 Å². The van der Waals surface area contributed by atoms with Crippen molar-refractivity contribution >= 4 is 30.7 Å². The first-order valence-corrected chi connectivity index (χ1v) is 6.41. The molecule has 1 aliphatic carbocycles. The third-order valence-electron chi connectivity index (χ3n) is 3.34. The van der Waals surface area contributed by atoms with Crippen LogP contribution in [0, 0.1) is 0 Å². The highest BCUT2D eigenvalue weighted by molar-refractivity contribution is 5.85. The molecule has 18 heavy (non-hydrogen) atoms. The van der Waals surface area contributed by atoms with Gasteiger partial charge in [0.2, 0.25) is 5.91 Å². The van der Waals surface area contributed by atoms with E-state index < -0.39 is 0 Å². The molecule has 0 radical (unpaired) electrons. The Hall–Kier alpha value is -0.0300. The molecule has 110 valence electrons. The van der Waals surface area contributed by atoms with Crippen LogP contribution < -0.4 is 11.1 Å². The van der Waals surface area contributed by atoms with E-state index in [1.807, 2.05) is 0 Å². The second kappa shape index (κ2) is 12.0. The number of carbonyl (C=O) groups excluding carboxylic acids is 1. The highest BCUT2D eigenvalue weighted by atomic mass is 35.5. The van der Waals surface area contributed by atoms with Gasteiger partial charge in [0.15, 0.2) is 0 Å². The number of nitrogens with two attached hydrogens (primary N) is 1. The molecule has 0 aliphatic heterocycles. The molecule has 1 aliphatic rings. The maximum atomic E-state index is 11.3. The van der Waals surface area contributed by atoms with Crippen molar-refractivity contribution in [2.24, 2.45) is 5.73 Å². The summed E-state index contributed by atoms with van der Waals surface area (Å²) in [6.07, 6.45) is 6.69. The molecule has 1 rings (SSSR count). The normalized spacial score (nSPS) is 15.1. The lowest BCUT2D eigenvalue weighted by Gasteiger charge is -2.23. The van der Waals surface area contributed by atoms with Gasteiger partial charge in [-0.15, -0.1) is 24.8 Å². The van der Waals surface area contributed by atoms with Gasteiger partial charge < -0.3 is 16.0 Å². The van der Waals surface area contributed by atoms with Crippen LogP contribution in [-0.2, 0) is 4.79 Å². The number of likely N-dealkylation sites (N-methyl/N-ethyl adjacent to an activating group) is 1.